The summed E-state index contributed by atoms with van der Waals surface area (Å²) in [7, 11) is 0. The molecule has 0 unspecified atom stereocenters. The van der Waals surface area contributed by atoms with E-state index in [9.17, 15) is 0 Å². The van der Waals surface area contributed by atoms with Crippen molar-refractivity contribution >= 4 is 26.8 Å². The number of nitrogens with zero attached hydrogens (tertiary/aromatic N) is 2. The van der Waals surface area contributed by atoms with Crippen LogP contribution in [0.2, 0.25) is 0 Å². The maximum atomic E-state index is 4.30. The number of aromatic nitrogens is 2. The normalized spacial score (nSPS) is 10.5. The van der Waals surface area contributed by atoms with E-state index in [4.69, 9.17) is 0 Å². The van der Waals surface area contributed by atoms with Gasteiger partial charge in [0.1, 0.15) is 5.82 Å². The zero-order valence-corrected chi connectivity index (χ0v) is 8.17. The van der Waals surface area contributed by atoms with Crippen molar-refractivity contribution in [2.24, 2.45) is 0 Å². The Balaban J connectivity index is 2.80. The number of halogens is 1. The van der Waals surface area contributed by atoms with E-state index in [0.29, 0.717) is 0 Å². The Labute approximate surface area is 78.8 Å². The highest BCUT2D eigenvalue weighted by Gasteiger charge is 1.95. The van der Waals surface area contributed by atoms with Crippen LogP contribution in [-0.2, 0) is 0 Å². The smallest absolute Gasteiger partial charge is 0.125 e. The average molecular weight is 223 g/mol. The fraction of sp³-hybridized carbons (Fsp3) is 0.111. The number of hydrogen-bond donors (Lipinski definition) is 0. The lowest BCUT2D eigenvalue weighted by Gasteiger charge is -1.97. The SMILES string of the molecule is Cc1ncc2ccc(Br)cc2n1. The molecule has 12 heavy (non-hydrogen) atoms. The van der Waals surface area contributed by atoms with Gasteiger partial charge in [-0.1, -0.05) is 22.0 Å². The second-order valence-electron chi connectivity index (χ2n) is 2.62. The van der Waals surface area contributed by atoms with Crippen molar-refractivity contribution in [1.29, 1.82) is 0 Å². The molecule has 1 aromatic carbocycles. The minimum Gasteiger partial charge on any atom is -0.241 e. The summed E-state index contributed by atoms with van der Waals surface area (Å²) in [6.07, 6.45) is 1.84. The van der Waals surface area contributed by atoms with Gasteiger partial charge < -0.3 is 0 Å². The van der Waals surface area contributed by atoms with E-state index in [0.717, 1.165) is 21.2 Å². The fourth-order valence-electron chi connectivity index (χ4n) is 1.09. The summed E-state index contributed by atoms with van der Waals surface area (Å²) in [6.45, 7) is 1.89. The highest BCUT2D eigenvalue weighted by molar-refractivity contribution is 9.10. The number of aryl methyl sites for hydroxylation is 1. The predicted octanol–water partition coefficient (Wildman–Crippen LogP) is 2.70. The van der Waals surface area contributed by atoms with E-state index < -0.39 is 0 Å². The van der Waals surface area contributed by atoms with Crippen LogP contribution in [-0.4, -0.2) is 9.97 Å². The van der Waals surface area contributed by atoms with Gasteiger partial charge in [0, 0.05) is 16.1 Å². The van der Waals surface area contributed by atoms with Crippen molar-refractivity contribution in [2.45, 2.75) is 6.92 Å². The standard InChI is InChI=1S/C9H7BrN2/c1-6-11-5-7-2-3-8(10)4-9(7)12-6/h2-5H,1H3. The summed E-state index contributed by atoms with van der Waals surface area (Å²) in [5, 5.41) is 1.07. The quantitative estimate of drug-likeness (QED) is 0.686. The summed E-state index contributed by atoms with van der Waals surface area (Å²) in [5.74, 6) is 0.806. The maximum Gasteiger partial charge on any atom is 0.125 e. The molecule has 0 aliphatic heterocycles. The first kappa shape index (κ1) is 7.68. The lowest BCUT2D eigenvalue weighted by molar-refractivity contribution is 1.09. The third-order valence-corrected chi connectivity index (χ3v) is 2.16. The van der Waals surface area contributed by atoms with Crippen molar-refractivity contribution in [3.05, 3.63) is 34.7 Å². The van der Waals surface area contributed by atoms with E-state index in [1.54, 1.807) is 0 Å². The highest BCUT2D eigenvalue weighted by Crippen LogP contribution is 2.16. The molecule has 60 valence electrons. The zero-order valence-electron chi connectivity index (χ0n) is 6.58. The van der Waals surface area contributed by atoms with Gasteiger partial charge in [-0.25, -0.2) is 9.97 Å². The van der Waals surface area contributed by atoms with Crippen LogP contribution in [0.15, 0.2) is 28.9 Å². The summed E-state index contributed by atoms with van der Waals surface area (Å²) in [6, 6.07) is 5.98. The van der Waals surface area contributed by atoms with Crippen LogP contribution in [0.25, 0.3) is 10.9 Å². The lowest BCUT2D eigenvalue weighted by atomic mass is 10.2. The van der Waals surface area contributed by atoms with Crippen LogP contribution in [0.4, 0.5) is 0 Å². The molecule has 0 aliphatic carbocycles. The second kappa shape index (κ2) is 2.83. The summed E-state index contributed by atoms with van der Waals surface area (Å²) >= 11 is 3.40. The Hall–Kier alpha value is -0.960. The zero-order chi connectivity index (χ0) is 8.55. The van der Waals surface area contributed by atoms with Crippen LogP contribution < -0.4 is 0 Å². The molecule has 1 aromatic heterocycles. The Bertz CT molecular complexity index is 389. The number of fused-ring (bicyclic) bond motifs is 1. The van der Waals surface area contributed by atoms with Gasteiger partial charge in [-0.2, -0.15) is 0 Å². The van der Waals surface area contributed by atoms with Gasteiger partial charge in [0.15, 0.2) is 0 Å². The van der Waals surface area contributed by atoms with Gasteiger partial charge in [0.2, 0.25) is 0 Å². The van der Waals surface area contributed by atoms with Gasteiger partial charge in [-0.15, -0.1) is 0 Å². The molecule has 1 heterocycles. The van der Waals surface area contributed by atoms with Crippen LogP contribution in [0.1, 0.15) is 5.82 Å². The van der Waals surface area contributed by atoms with Gasteiger partial charge >= 0.3 is 0 Å². The highest BCUT2D eigenvalue weighted by atomic mass is 79.9. The van der Waals surface area contributed by atoms with Crippen molar-refractivity contribution < 1.29 is 0 Å². The van der Waals surface area contributed by atoms with Gasteiger partial charge in [0.05, 0.1) is 5.52 Å². The molecule has 2 nitrogen and oxygen atoms in total. The van der Waals surface area contributed by atoms with Crippen molar-refractivity contribution in [1.82, 2.24) is 9.97 Å². The third kappa shape index (κ3) is 1.32. The molecule has 0 saturated heterocycles. The van der Waals surface area contributed by atoms with Crippen LogP contribution in [0, 0.1) is 6.92 Å². The average Bonchev–Trinajstić information content (AvgIpc) is 2.03. The molecule has 0 spiro atoms. The summed E-state index contributed by atoms with van der Waals surface area (Å²) < 4.78 is 1.05. The first-order chi connectivity index (χ1) is 5.75. The molecule has 2 rings (SSSR count). The molecular formula is C9H7BrN2. The van der Waals surface area contributed by atoms with E-state index >= 15 is 0 Å². The minimum absolute atomic E-state index is 0.806. The molecule has 0 fully saturated rings. The van der Waals surface area contributed by atoms with E-state index in [-0.39, 0.29) is 0 Å². The van der Waals surface area contributed by atoms with E-state index in [2.05, 4.69) is 25.9 Å². The van der Waals surface area contributed by atoms with Gasteiger partial charge in [-0.3, -0.25) is 0 Å². The van der Waals surface area contributed by atoms with Crippen molar-refractivity contribution in [3.8, 4) is 0 Å². The van der Waals surface area contributed by atoms with Crippen LogP contribution in [0.3, 0.4) is 0 Å². The van der Waals surface area contributed by atoms with Crippen molar-refractivity contribution in [3.63, 3.8) is 0 Å². The van der Waals surface area contributed by atoms with Crippen LogP contribution >= 0.6 is 15.9 Å². The molecular weight excluding hydrogens is 216 g/mol. The third-order valence-electron chi connectivity index (χ3n) is 1.67. The molecule has 0 aliphatic rings. The Morgan fingerprint density at radius 1 is 1.33 bits per heavy atom. The number of benzene rings is 1. The molecule has 3 heteroatoms. The number of rotatable bonds is 0. The maximum absolute atomic E-state index is 4.30. The molecule has 0 amide bonds. The molecule has 2 aromatic rings. The Morgan fingerprint density at radius 3 is 3.00 bits per heavy atom. The van der Waals surface area contributed by atoms with Crippen molar-refractivity contribution in [2.75, 3.05) is 0 Å². The monoisotopic (exact) mass is 222 g/mol. The van der Waals surface area contributed by atoms with Crippen LogP contribution in [0.5, 0.6) is 0 Å². The largest absolute Gasteiger partial charge is 0.241 e. The fourth-order valence-corrected chi connectivity index (χ4v) is 1.44. The van der Waals surface area contributed by atoms with Gasteiger partial charge in [-0.05, 0) is 19.1 Å². The van der Waals surface area contributed by atoms with Gasteiger partial charge in [0.25, 0.3) is 0 Å². The van der Waals surface area contributed by atoms with E-state index in [1.165, 1.54) is 0 Å². The Kier molecular flexibility index (Phi) is 1.81. The molecule has 0 radical (unpaired) electrons. The minimum atomic E-state index is 0.806. The molecule has 0 N–H and O–H groups in total. The predicted molar refractivity (Wildman–Crippen MR) is 52.0 cm³/mol. The second-order valence-corrected chi connectivity index (χ2v) is 3.54. The lowest BCUT2D eigenvalue weighted by Crippen LogP contribution is -1.86. The Morgan fingerprint density at radius 2 is 2.17 bits per heavy atom. The first-order valence-corrected chi connectivity index (χ1v) is 4.44. The molecule has 0 atom stereocenters. The molecule has 0 saturated carbocycles. The topological polar surface area (TPSA) is 25.8 Å². The van der Waals surface area contributed by atoms with E-state index in [1.807, 2.05) is 31.3 Å². The number of hydrogen-bond acceptors (Lipinski definition) is 2. The molecule has 0 bridgehead atoms. The summed E-state index contributed by atoms with van der Waals surface area (Å²) in [5.41, 5.74) is 0.983. The summed E-state index contributed by atoms with van der Waals surface area (Å²) in [4.78, 5) is 8.41. The first-order valence-electron chi connectivity index (χ1n) is 3.64.